The van der Waals surface area contributed by atoms with Crippen LogP contribution in [-0.2, 0) is 11.8 Å². The third-order valence-electron chi connectivity index (χ3n) is 3.61. The first-order valence-corrected chi connectivity index (χ1v) is 7.43. The van der Waals surface area contributed by atoms with Gasteiger partial charge in [0.2, 0.25) is 0 Å². The number of nitrogens with zero attached hydrogens (tertiary/aromatic N) is 4. The first-order chi connectivity index (χ1) is 9.97. The third-order valence-corrected chi connectivity index (χ3v) is 3.61. The van der Waals surface area contributed by atoms with E-state index in [2.05, 4.69) is 56.2 Å². The van der Waals surface area contributed by atoms with Gasteiger partial charge in [-0.05, 0) is 36.0 Å². The molecule has 0 aliphatic heterocycles. The van der Waals surface area contributed by atoms with E-state index in [4.69, 9.17) is 5.26 Å². The number of rotatable bonds is 4. The highest BCUT2D eigenvalue weighted by molar-refractivity contribution is 5.39. The van der Waals surface area contributed by atoms with Crippen molar-refractivity contribution in [3.05, 3.63) is 41.2 Å². The van der Waals surface area contributed by atoms with Gasteiger partial charge in [-0.25, -0.2) is 4.68 Å². The van der Waals surface area contributed by atoms with Gasteiger partial charge in [0.25, 0.3) is 0 Å². The van der Waals surface area contributed by atoms with Gasteiger partial charge in [0.15, 0.2) is 5.69 Å². The molecule has 110 valence electrons. The first-order valence-electron chi connectivity index (χ1n) is 7.43. The van der Waals surface area contributed by atoms with E-state index in [1.54, 1.807) is 4.68 Å². The average Bonchev–Trinajstić information content (AvgIpc) is 2.87. The number of hydrogen-bond acceptors (Lipinski definition) is 3. The summed E-state index contributed by atoms with van der Waals surface area (Å²) in [5.74, 6) is 0. The van der Waals surface area contributed by atoms with Crippen molar-refractivity contribution in [2.75, 3.05) is 0 Å². The maximum absolute atomic E-state index is 9.16. The fraction of sp³-hybridized carbons (Fsp3) is 0.471. The molecule has 4 heteroatoms. The zero-order valence-corrected chi connectivity index (χ0v) is 13.2. The van der Waals surface area contributed by atoms with E-state index in [0.717, 1.165) is 30.6 Å². The molecular formula is C17H22N4. The van der Waals surface area contributed by atoms with E-state index in [0.29, 0.717) is 5.69 Å². The summed E-state index contributed by atoms with van der Waals surface area (Å²) in [6.45, 7) is 8.71. The molecule has 2 rings (SSSR count). The summed E-state index contributed by atoms with van der Waals surface area (Å²) in [6, 6.07) is 10.5. The predicted molar refractivity (Wildman–Crippen MR) is 83.4 cm³/mol. The molecule has 0 fully saturated rings. The van der Waals surface area contributed by atoms with Crippen LogP contribution in [0.4, 0.5) is 0 Å². The number of benzene rings is 1. The molecule has 1 heterocycles. The van der Waals surface area contributed by atoms with Crippen LogP contribution in [0.15, 0.2) is 24.3 Å². The minimum atomic E-state index is 0.129. The maximum atomic E-state index is 9.16. The first kappa shape index (κ1) is 15.2. The molecule has 4 nitrogen and oxygen atoms in total. The van der Waals surface area contributed by atoms with Crippen molar-refractivity contribution in [1.29, 1.82) is 5.26 Å². The third kappa shape index (κ3) is 3.30. The molecule has 0 radical (unpaired) electrons. The Hall–Kier alpha value is -2.15. The quantitative estimate of drug-likeness (QED) is 0.857. The van der Waals surface area contributed by atoms with Gasteiger partial charge in [-0.3, -0.25) is 0 Å². The summed E-state index contributed by atoms with van der Waals surface area (Å²) in [7, 11) is 0. The number of unbranched alkanes of at least 4 members (excludes halogenated alkanes) is 1. The second kappa shape index (κ2) is 6.09. The molecule has 21 heavy (non-hydrogen) atoms. The standard InChI is InChI=1S/C17H22N4/c1-5-6-7-16-15(12-18)19-20-21(16)14-10-8-13(9-11-14)17(2,3)4/h8-11H,5-7H2,1-4H3. The Morgan fingerprint density at radius 2 is 1.86 bits per heavy atom. The molecule has 0 N–H and O–H groups in total. The Kier molecular flexibility index (Phi) is 4.42. The molecular weight excluding hydrogens is 260 g/mol. The van der Waals surface area contributed by atoms with Crippen molar-refractivity contribution in [2.24, 2.45) is 0 Å². The van der Waals surface area contributed by atoms with Crippen LogP contribution >= 0.6 is 0 Å². The van der Waals surface area contributed by atoms with Gasteiger partial charge in [-0.15, -0.1) is 5.10 Å². The van der Waals surface area contributed by atoms with E-state index in [-0.39, 0.29) is 5.41 Å². The van der Waals surface area contributed by atoms with Crippen molar-refractivity contribution in [1.82, 2.24) is 15.0 Å². The lowest BCUT2D eigenvalue weighted by atomic mass is 9.87. The lowest BCUT2D eigenvalue weighted by Crippen LogP contribution is -2.11. The van der Waals surface area contributed by atoms with E-state index < -0.39 is 0 Å². The highest BCUT2D eigenvalue weighted by Crippen LogP contribution is 2.24. The molecule has 0 aliphatic carbocycles. The minimum Gasteiger partial charge on any atom is -0.216 e. The zero-order chi connectivity index (χ0) is 15.5. The topological polar surface area (TPSA) is 54.5 Å². The Balaban J connectivity index is 2.38. The van der Waals surface area contributed by atoms with Crippen molar-refractivity contribution in [3.8, 4) is 11.8 Å². The fourth-order valence-electron chi connectivity index (χ4n) is 2.27. The van der Waals surface area contributed by atoms with Gasteiger partial charge in [0, 0.05) is 0 Å². The minimum absolute atomic E-state index is 0.129. The monoisotopic (exact) mass is 282 g/mol. The van der Waals surface area contributed by atoms with Crippen LogP contribution in [0.2, 0.25) is 0 Å². The molecule has 0 amide bonds. The van der Waals surface area contributed by atoms with Crippen LogP contribution in [0, 0.1) is 11.3 Å². The van der Waals surface area contributed by atoms with Gasteiger partial charge in [-0.1, -0.05) is 51.5 Å². The summed E-state index contributed by atoms with van der Waals surface area (Å²) in [6.07, 6.45) is 2.94. The second-order valence-corrected chi connectivity index (χ2v) is 6.31. The lowest BCUT2D eigenvalue weighted by Gasteiger charge is -2.19. The predicted octanol–water partition coefficient (Wildman–Crippen LogP) is 3.78. The van der Waals surface area contributed by atoms with Crippen LogP contribution in [0.5, 0.6) is 0 Å². The highest BCUT2D eigenvalue weighted by atomic mass is 15.4. The van der Waals surface area contributed by atoms with Crippen molar-refractivity contribution in [3.63, 3.8) is 0 Å². The summed E-state index contributed by atoms with van der Waals surface area (Å²) in [4.78, 5) is 0. The van der Waals surface area contributed by atoms with Gasteiger partial charge < -0.3 is 0 Å². The summed E-state index contributed by atoms with van der Waals surface area (Å²) < 4.78 is 1.79. The molecule has 0 unspecified atom stereocenters. The molecule has 0 bridgehead atoms. The van der Waals surface area contributed by atoms with Crippen LogP contribution in [-0.4, -0.2) is 15.0 Å². The van der Waals surface area contributed by atoms with E-state index in [1.165, 1.54) is 5.56 Å². The molecule has 2 aromatic rings. The molecule has 1 aromatic carbocycles. The van der Waals surface area contributed by atoms with Crippen LogP contribution in [0.25, 0.3) is 5.69 Å². The van der Waals surface area contributed by atoms with E-state index in [9.17, 15) is 0 Å². The van der Waals surface area contributed by atoms with E-state index in [1.807, 2.05) is 12.1 Å². The van der Waals surface area contributed by atoms with Gasteiger partial charge in [0.1, 0.15) is 6.07 Å². The maximum Gasteiger partial charge on any atom is 0.186 e. The highest BCUT2D eigenvalue weighted by Gasteiger charge is 2.16. The molecule has 0 aliphatic rings. The van der Waals surface area contributed by atoms with Gasteiger partial charge in [-0.2, -0.15) is 5.26 Å². The fourth-order valence-corrected chi connectivity index (χ4v) is 2.27. The molecule has 1 aromatic heterocycles. The molecule has 0 saturated carbocycles. The summed E-state index contributed by atoms with van der Waals surface area (Å²) in [5.41, 5.74) is 3.71. The molecule has 0 atom stereocenters. The van der Waals surface area contributed by atoms with Crippen LogP contribution < -0.4 is 0 Å². The van der Waals surface area contributed by atoms with Gasteiger partial charge >= 0.3 is 0 Å². The van der Waals surface area contributed by atoms with Crippen molar-refractivity contribution >= 4 is 0 Å². The smallest absolute Gasteiger partial charge is 0.186 e. The Morgan fingerprint density at radius 3 is 2.38 bits per heavy atom. The molecule has 0 spiro atoms. The average molecular weight is 282 g/mol. The Labute approximate surface area is 126 Å². The van der Waals surface area contributed by atoms with E-state index >= 15 is 0 Å². The van der Waals surface area contributed by atoms with Crippen molar-refractivity contribution < 1.29 is 0 Å². The van der Waals surface area contributed by atoms with Crippen molar-refractivity contribution in [2.45, 2.75) is 52.4 Å². The number of aromatic nitrogens is 3. The second-order valence-electron chi connectivity index (χ2n) is 6.31. The van der Waals surface area contributed by atoms with Gasteiger partial charge in [0.05, 0.1) is 11.4 Å². The Morgan fingerprint density at radius 1 is 1.19 bits per heavy atom. The lowest BCUT2D eigenvalue weighted by molar-refractivity contribution is 0.590. The summed E-state index contributed by atoms with van der Waals surface area (Å²) in [5, 5.41) is 17.3. The number of nitriles is 1. The molecule has 0 saturated heterocycles. The number of hydrogen-bond donors (Lipinski definition) is 0. The largest absolute Gasteiger partial charge is 0.216 e. The Bertz CT molecular complexity index is 639. The van der Waals surface area contributed by atoms with Crippen LogP contribution in [0.1, 0.15) is 57.5 Å². The SMILES string of the molecule is CCCCc1c(C#N)nnn1-c1ccc(C(C)(C)C)cc1. The summed E-state index contributed by atoms with van der Waals surface area (Å²) >= 11 is 0. The van der Waals surface area contributed by atoms with Crippen LogP contribution in [0.3, 0.4) is 0 Å². The normalized spacial score (nSPS) is 11.4. The zero-order valence-electron chi connectivity index (χ0n) is 13.2.